The van der Waals surface area contributed by atoms with Gasteiger partial charge in [-0.3, -0.25) is 14.5 Å². The van der Waals surface area contributed by atoms with E-state index in [1.54, 1.807) is 7.05 Å². The van der Waals surface area contributed by atoms with Crippen LogP contribution in [0.25, 0.3) is 11.3 Å². The van der Waals surface area contributed by atoms with Gasteiger partial charge in [0.25, 0.3) is 5.91 Å². The van der Waals surface area contributed by atoms with E-state index in [-0.39, 0.29) is 11.9 Å². The number of benzene rings is 2. The number of halogens is 1. The number of fused-ring (bicyclic) bond motifs is 1. The van der Waals surface area contributed by atoms with Crippen LogP contribution in [-0.2, 0) is 6.54 Å². The Morgan fingerprint density at radius 3 is 2.71 bits per heavy atom. The fourth-order valence-electron chi connectivity index (χ4n) is 3.95. The third-order valence-corrected chi connectivity index (χ3v) is 5.64. The van der Waals surface area contributed by atoms with Crippen LogP contribution in [0.2, 0.25) is 5.02 Å². The summed E-state index contributed by atoms with van der Waals surface area (Å²) in [6.07, 6.45) is 1.82. The van der Waals surface area contributed by atoms with Gasteiger partial charge in [0, 0.05) is 49.2 Å². The zero-order valence-corrected chi connectivity index (χ0v) is 18.7. The number of carbonyl (C=O) groups excluding carboxylic acids is 1. The van der Waals surface area contributed by atoms with Gasteiger partial charge in [0.05, 0.1) is 11.7 Å². The molecule has 1 amide bonds. The molecule has 160 valence electrons. The lowest BCUT2D eigenvalue weighted by Crippen LogP contribution is -2.41. The molecule has 1 N–H and O–H groups in total. The van der Waals surface area contributed by atoms with Crippen LogP contribution in [0, 0.1) is 0 Å². The molecular weight excluding hydrogens is 410 g/mol. The van der Waals surface area contributed by atoms with Gasteiger partial charge in [0.2, 0.25) is 0 Å². The zero-order chi connectivity index (χ0) is 22.0. The number of anilines is 1. The highest BCUT2D eigenvalue weighted by molar-refractivity contribution is 6.31. The predicted octanol–water partition coefficient (Wildman–Crippen LogP) is 4.90. The first-order valence-electron chi connectivity index (χ1n) is 10.4. The molecule has 2 heterocycles. The third kappa shape index (κ3) is 4.35. The van der Waals surface area contributed by atoms with E-state index in [2.05, 4.69) is 17.2 Å². The van der Waals surface area contributed by atoms with Gasteiger partial charge < -0.3 is 10.2 Å². The van der Waals surface area contributed by atoms with Crippen molar-refractivity contribution < 1.29 is 4.79 Å². The van der Waals surface area contributed by atoms with Crippen LogP contribution in [0.1, 0.15) is 41.5 Å². The van der Waals surface area contributed by atoms with Crippen LogP contribution in [0.15, 0.2) is 53.5 Å². The highest BCUT2D eigenvalue weighted by Crippen LogP contribution is 2.33. The van der Waals surface area contributed by atoms with Crippen molar-refractivity contribution in [2.75, 3.05) is 25.5 Å². The highest BCUT2D eigenvalue weighted by Gasteiger charge is 2.31. The van der Waals surface area contributed by atoms with Crippen LogP contribution in [0.3, 0.4) is 0 Å². The molecule has 31 heavy (non-hydrogen) atoms. The number of carbonyl (C=O) groups is 1. The number of amides is 1. The molecular formula is C24H26ClN5O. The standard InChI is InChI=1S/C24H26ClN5O/c1-4-27-21-11-19(25)9-10-20(21)22-12-23-24(31)29(14-16(2)30(23)28-22)15-18-7-5-17(6-8-18)13-26-3/h5-13,16,27H,4,14-15H2,1-3H3/t16-/m0/s1. The summed E-state index contributed by atoms with van der Waals surface area (Å²) < 4.78 is 1.85. The normalized spacial score (nSPS) is 16.1. The fourth-order valence-corrected chi connectivity index (χ4v) is 4.13. The Morgan fingerprint density at radius 1 is 1.23 bits per heavy atom. The molecule has 6 nitrogen and oxygen atoms in total. The number of hydrogen-bond acceptors (Lipinski definition) is 4. The average molecular weight is 436 g/mol. The van der Waals surface area contributed by atoms with Gasteiger partial charge in [-0.1, -0.05) is 35.9 Å². The van der Waals surface area contributed by atoms with Gasteiger partial charge in [-0.2, -0.15) is 5.10 Å². The lowest BCUT2D eigenvalue weighted by atomic mass is 10.1. The summed E-state index contributed by atoms with van der Waals surface area (Å²) >= 11 is 6.18. The number of hydrogen-bond donors (Lipinski definition) is 1. The Balaban J connectivity index is 1.61. The molecule has 0 fully saturated rings. The van der Waals surface area contributed by atoms with E-state index in [9.17, 15) is 4.79 Å². The van der Waals surface area contributed by atoms with Gasteiger partial charge in [0.15, 0.2) is 0 Å². The van der Waals surface area contributed by atoms with Crippen LogP contribution in [0.4, 0.5) is 5.69 Å². The van der Waals surface area contributed by atoms with E-state index in [1.807, 2.05) is 71.3 Å². The van der Waals surface area contributed by atoms with Crippen molar-refractivity contribution in [2.24, 2.45) is 4.99 Å². The van der Waals surface area contributed by atoms with E-state index < -0.39 is 0 Å². The second-order valence-electron chi connectivity index (χ2n) is 7.74. The smallest absolute Gasteiger partial charge is 0.272 e. The van der Waals surface area contributed by atoms with Crippen molar-refractivity contribution in [3.63, 3.8) is 0 Å². The van der Waals surface area contributed by atoms with Crippen LogP contribution < -0.4 is 5.32 Å². The molecule has 1 aromatic heterocycles. The molecule has 3 aromatic rings. The topological polar surface area (TPSA) is 62.5 Å². The number of aromatic nitrogens is 2. The summed E-state index contributed by atoms with van der Waals surface area (Å²) in [5.41, 5.74) is 5.38. The van der Waals surface area contributed by atoms with E-state index in [1.165, 1.54) is 0 Å². The molecule has 0 radical (unpaired) electrons. The first-order chi connectivity index (χ1) is 15.0. The first kappa shape index (κ1) is 21.1. The maximum Gasteiger partial charge on any atom is 0.272 e. The van der Waals surface area contributed by atoms with Crippen molar-refractivity contribution in [3.05, 3.63) is 70.4 Å². The van der Waals surface area contributed by atoms with Gasteiger partial charge in [0.1, 0.15) is 5.69 Å². The second-order valence-corrected chi connectivity index (χ2v) is 8.18. The predicted molar refractivity (Wildman–Crippen MR) is 126 cm³/mol. The number of rotatable bonds is 6. The first-order valence-corrected chi connectivity index (χ1v) is 10.8. The zero-order valence-electron chi connectivity index (χ0n) is 18.0. The third-order valence-electron chi connectivity index (χ3n) is 5.40. The fraction of sp³-hybridized carbons (Fsp3) is 0.292. The monoisotopic (exact) mass is 435 g/mol. The Kier molecular flexibility index (Phi) is 6.09. The largest absolute Gasteiger partial charge is 0.385 e. The summed E-state index contributed by atoms with van der Waals surface area (Å²) in [5, 5.41) is 8.77. The Morgan fingerprint density at radius 2 is 2.00 bits per heavy atom. The van der Waals surface area contributed by atoms with E-state index in [4.69, 9.17) is 16.7 Å². The summed E-state index contributed by atoms with van der Waals surface area (Å²) in [4.78, 5) is 19.2. The summed E-state index contributed by atoms with van der Waals surface area (Å²) in [6.45, 7) is 6.08. The Labute approximate surface area is 187 Å². The molecule has 7 heteroatoms. The number of nitrogens with zero attached hydrogens (tertiary/aromatic N) is 4. The molecule has 0 saturated heterocycles. The van der Waals surface area contributed by atoms with Crippen molar-refractivity contribution in [1.82, 2.24) is 14.7 Å². The van der Waals surface area contributed by atoms with E-state index >= 15 is 0 Å². The Bertz CT molecular complexity index is 1120. The molecule has 1 aliphatic rings. The average Bonchev–Trinajstić information content (AvgIpc) is 3.20. The minimum Gasteiger partial charge on any atom is -0.385 e. The summed E-state index contributed by atoms with van der Waals surface area (Å²) in [5.74, 6) is -0.00462. The van der Waals surface area contributed by atoms with E-state index in [0.29, 0.717) is 23.8 Å². The molecule has 0 spiro atoms. The van der Waals surface area contributed by atoms with E-state index in [0.717, 1.165) is 34.6 Å². The minimum absolute atomic E-state index is 0.00462. The van der Waals surface area contributed by atoms with Crippen LogP contribution in [-0.4, -0.2) is 46.9 Å². The molecule has 0 bridgehead atoms. The Hall–Kier alpha value is -3.12. The van der Waals surface area contributed by atoms with Crippen molar-refractivity contribution in [3.8, 4) is 11.3 Å². The van der Waals surface area contributed by atoms with Crippen LogP contribution >= 0.6 is 11.6 Å². The van der Waals surface area contributed by atoms with Crippen molar-refractivity contribution >= 4 is 29.4 Å². The summed E-state index contributed by atoms with van der Waals surface area (Å²) in [7, 11) is 1.75. The molecule has 0 aliphatic carbocycles. The van der Waals surface area contributed by atoms with Gasteiger partial charge in [-0.05, 0) is 49.2 Å². The second kappa shape index (κ2) is 8.94. The van der Waals surface area contributed by atoms with Gasteiger partial charge >= 0.3 is 0 Å². The maximum absolute atomic E-state index is 13.3. The molecule has 1 aliphatic heterocycles. The molecule has 4 rings (SSSR count). The SMILES string of the molecule is CCNc1cc(Cl)ccc1-c1cc2n(n1)[C@@H](C)CN(Cc1ccc(C=NC)cc1)C2=O. The number of aliphatic imine (C=N–C) groups is 1. The van der Waals surface area contributed by atoms with Gasteiger partial charge in [-0.25, -0.2) is 0 Å². The number of nitrogens with one attached hydrogen (secondary N) is 1. The maximum atomic E-state index is 13.3. The highest BCUT2D eigenvalue weighted by atomic mass is 35.5. The van der Waals surface area contributed by atoms with Crippen LogP contribution in [0.5, 0.6) is 0 Å². The lowest BCUT2D eigenvalue weighted by Gasteiger charge is -2.31. The lowest BCUT2D eigenvalue weighted by molar-refractivity contribution is 0.0651. The van der Waals surface area contributed by atoms with Crippen molar-refractivity contribution in [1.29, 1.82) is 0 Å². The van der Waals surface area contributed by atoms with Gasteiger partial charge in [-0.15, -0.1) is 0 Å². The molecule has 2 aromatic carbocycles. The quantitative estimate of drug-likeness (QED) is 0.560. The molecule has 0 unspecified atom stereocenters. The van der Waals surface area contributed by atoms with Crippen molar-refractivity contribution in [2.45, 2.75) is 26.4 Å². The molecule has 1 atom stereocenters. The molecule has 0 saturated carbocycles. The summed E-state index contributed by atoms with van der Waals surface area (Å²) in [6, 6.07) is 15.8. The minimum atomic E-state index is -0.00462.